The number of benzene rings is 1. The molecule has 5 nitrogen and oxygen atoms in total. The van der Waals surface area contributed by atoms with Crippen LogP contribution in [-0.4, -0.2) is 30.1 Å². The predicted octanol–water partition coefficient (Wildman–Crippen LogP) is 1.66. The number of aliphatic carboxylic acids is 1. The Morgan fingerprint density at radius 1 is 1.32 bits per heavy atom. The Balaban J connectivity index is 2.30. The van der Waals surface area contributed by atoms with E-state index in [9.17, 15) is 9.59 Å². The van der Waals surface area contributed by atoms with E-state index in [0.717, 1.165) is 11.1 Å². The molecule has 1 rings (SSSR count). The van der Waals surface area contributed by atoms with Crippen molar-refractivity contribution in [2.45, 2.75) is 26.7 Å². The summed E-state index contributed by atoms with van der Waals surface area (Å²) in [5.41, 5.74) is 2.05. The highest BCUT2D eigenvalue weighted by atomic mass is 16.5. The predicted molar refractivity (Wildman–Crippen MR) is 71.3 cm³/mol. The van der Waals surface area contributed by atoms with E-state index in [1.807, 2.05) is 32.0 Å². The normalized spacial score (nSPS) is 10.0. The molecule has 1 aromatic carbocycles. The number of carbonyl (C=O) groups is 2. The number of nitrogens with one attached hydrogen (secondary N) is 1. The number of carboxylic acid groups (broad SMARTS) is 1. The molecule has 0 unspecified atom stereocenters. The quantitative estimate of drug-likeness (QED) is 0.735. The summed E-state index contributed by atoms with van der Waals surface area (Å²) in [5.74, 6) is -0.409. The second-order valence-electron chi connectivity index (χ2n) is 4.40. The summed E-state index contributed by atoms with van der Waals surface area (Å²) in [5, 5.41) is 11.1. The van der Waals surface area contributed by atoms with E-state index in [1.54, 1.807) is 0 Å². The minimum absolute atomic E-state index is 0.0537. The Morgan fingerprint density at radius 3 is 2.74 bits per heavy atom. The van der Waals surface area contributed by atoms with E-state index in [2.05, 4.69) is 5.32 Å². The first-order valence-corrected chi connectivity index (χ1v) is 6.17. The molecule has 0 aliphatic rings. The van der Waals surface area contributed by atoms with Crippen LogP contribution in [-0.2, 0) is 9.59 Å². The van der Waals surface area contributed by atoms with E-state index < -0.39 is 5.97 Å². The fourth-order valence-corrected chi connectivity index (χ4v) is 1.52. The average Bonchev–Trinajstić information content (AvgIpc) is 2.35. The van der Waals surface area contributed by atoms with Crippen LogP contribution in [0.3, 0.4) is 0 Å². The zero-order chi connectivity index (χ0) is 14.3. The molecule has 0 spiro atoms. The van der Waals surface area contributed by atoms with Crippen LogP contribution < -0.4 is 10.1 Å². The topological polar surface area (TPSA) is 75.6 Å². The minimum Gasteiger partial charge on any atom is -0.483 e. The number of ether oxygens (including phenoxy) is 1. The van der Waals surface area contributed by atoms with Crippen molar-refractivity contribution in [2.24, 2.45) is 0 Å². The van der Waals surface area contributed by atoms with Gasteiger partial charge in [-0.25, -0.2) is 0 Å². The molecule has 0 aliphatic carbocycles. The molecule has 104 valence electrons. The molecule has 0 atom stereocenters. The van der Waals surface area contributed by atoms with Gasteiger partial charge in [-0.2, -0.15) is 0 Å². The van der Waals surface area contributed by atoms with Gasteiger partial charge in [0.25, 0.3) is 5.91 Å². The van der Waals surface area contributed by atoms with Crippen LogP contribution in [0.1, 0.15) is 24.0 Å². The smallest absolute Gasteiger partial charge is 0.303 e. The van der Waals surface area contributed by atoms with Gasteiger partial charge in [0.2, 0.25) is 0 Å². The Morgan fingerprint density at radius 2 is 2.05 bits per heavy atom. The van der Waals surface area contributed by atoms with Gasteiger partial charge in [0, 0.05) is 13.0 Å². The lowest BCUT2D eigenvalue weighted by Crippen LogP contribution is -2.30. The summed E-state index contributed by atoms with van der Waals surface area (Å²) in [6, 6.07) is 5.80. The summed E-state index contributed by atoms with van der Waals surface area (Å²) in [7, 11) is 0. The van der Waals surface area contributed by atoms with Crippen molar-refractivity contribution in [3.8, 4) is 5.75 Å². The summed E-state index contributed by atoms with van der Waals surface area (Å²) in [6.45, 7) is 4.16. The van der Waals surface area contributed by atoms with Gasteiger partial charge in [-0.3, -0.25) is 9.59 Å². The molecule has 0 aliphatic heterocycles. The maximum absolute atomic E-state index is 11.5. The first-order chi connectivity index (χ1) is 8.99. The van der Waals surface area contributed by atoms with Crippen LogP contribution in [0.25, 0.3) is 0 Å². The molecule has 0 radical (unpaired) electrons. The fourth-order valence-electron chi connectivity index (χ4n) is 1.52. The molecule has 0 bridgehead atoms. The fraction of sp³-hybridized carbons (Fsp3) is 0.429. The zero-order valence-electron chi connectivity index (χ0n) is 11.2. The van der Waals surface area contributed by atoms with Gasteiger partial charge in [0.1, 0.15) is 5.75 Å². The van der Waals surface area contributed by atoms with Crippen molar-refractivity contribution in [3.05, 3.63) is 29.3 Å². The SMILES string of the molecule is Cc1ccc(C)c(OCC(=O)NCCCC(=O)O)c1. The number of amides is 1. The first kappa shape index (κ1) is 15.0. The van der Waals surface area contributed by atoms with E-state index in [0.29, 0.717) is 18.7 Å². The van der Waals surface area contributed by atoms with Gasteiger partial charge in [-0.15, -0.1) is 0 Å². The highest BCUT2D eigenvalue weighted by Crippen LogP contribution is 2.18. The van der Waals surface area contributed by atoms with Gasteiger partial charge in [-0.05, 0) is 37.5 Å². The summed E-state index contributed by atoms with van der Waals surface area (Å²) in [6.07, 6.45) is 0.475. The van der Waals surface area contributed by atoms with E-state index >= 15 is 0 Å². The molecular weight excluding hydrogens is 246 g/mol. The molecule has 0 saturated heterocycles. The maximum Gasteiger partial charge on any atom is 0.303 e. The third-order valence-electron chi connectivity index (χ3n) is 2.59. The van der Waals surface area contributed by atoms with E-state index in [1.165, 1.54) is 0 Å². The largest absolute Gasteiger partial charge is 0.483 e. The standard InChI is InChI=1S/C14H19NO4/c1-10-5-6-11(2)12(8-10)19-9-13(16)15-7-3-4-14(17)18/h5-6,8H,3-4,7,9H2,1-2H3,(H,15,16)(H,17,18). The van der Waals surface area contributed by atoms with Crippen molar-refractivity contribution in [1.29, 1.82) is 0 Å². The highest BCUT2D eigenvalue weighted by Gasteiger charge is 2.05. The van der Waals surface area contributed by atoms with Crippen molar-refractivity contribution in [3.63, 3.8) is 0 Å². The molecule has 19 heavy (non-hydrogen) atoms. The zero-order valence-corrected chi connectivity index (χ0v) is 11.2. The second-order valence-corrected chi connectivity index (χ2v) is 4.40. The van der Waals surface area contributed by atoms with Gasteiger partial charge < -0.3 is 15.2 Å². The van der Waals surface area contributed by atoms with Crippen LogP contribution in [0.15, 0.2) is 18.2 Å². The highest BCUT2D eigenvalue weighted by molar-refractivity contribution is 5.77. The Hall–Kier alpha value is -2.04. The van der Waals surface area contributed by atoms with Gasteiger partial charge in [0.15, 0.2) is 6.61 Å². The lowest BCUT2D eigenvalue weighted by atomic mass is 10.1. The van der Waals surface area contributed by atoms with Crippen molar-refractivity contribution >= 4 is 11.9 Å². The van der Waals surface area contributed by atoms with Crippen LogP contribution in [0, 0.1) is 13.8 Å². The maximum atomic E-state index is 11.5. The molecule has 1 aromatic rings. The Kier molecular flexibility index (Phi) is 5.85. The number of carboxylic acids is 1. The second kappa shape index (κ2) is 7.41. The average molecular weight is 265 g/mol. The lowest BCUT2D eigenvalue weighted by Gasteiger charge is -2.10. The number of hydrogen-bond acceptors (Lipinski definition) is 3. The first-order valence-electron chi connectivity index (χ1n) is 6.17. The molecule has 0 saturated carbocycles. The van der Waals surface area contributed by atoms with Crippen molar-refractivity contribution < 1.29 is 19.4 Å². The summed E-state index contributed by atoms with van der Waals surface area (Å²) in [4.78, 5) is 21.8. The summed E-state index contributed by atoms with van der Waals surface area (Å²) < 4.78 is 5.43. The summed E-state index contributed by atoms with van der Waals surface area (Å²) >= 11 is 0. The van der Waals surface area contributed by atoms with Crippen molar-refractivity contribution in [2.75, 3.05) is 13.2 Å². The molecular formula is C14H19NO4. The third-order valence-corrected chi connectivity index (χ3v) is 2.59. The van der Waals surface area contributed by atoms with Crippen LogP contribution >= 0.6 is 0 Å². The Labute approximate surface area is 112 Å². The van der Waals surface area contributed by atoms with Crippen molar-refractivity contribution in [1.82, 2.24) is 5.32 Å². The molecule has 0 fully saturated rings. The van der Waals surface area contributed by atoms with Crippen LogP contribution in [0.4, 0.5) is 0 Å². The van der Waals surface area contributed by atoms with Gasteiger partial charge in [0.05, 0.1) is 0 Å². The number of aryl methyl sites for hydroxylation is 2. The van der Waals surface area contributed by atoms with Gasteiger partial charge in [-0.1, -0.05) is 12.1 Å². The lowest BCUT2D eigenvalue weighted by molar-refractivity contribution is -0.137. The number of hydrogen-bond donors (Lipinski definition) is 2. The minimum atomic E-state index is -0.860. The molecule has 0 heterocycles. The van der Waals surface area contributed by atoms with Crippen LogP contribution in [0.2, 0.25) is 0 Å². The monoisotopic (exact) mass is 265 g/mol. The molecule has 5 heteroatoms. The van der Waals surface area contributed by atoms with Gasteiger partial charge >= 0.3 is 5.97 Å². The van der Waals surface area contributed by atoms with E-state index in [4.69, 9.17) is 9.84 Å². The number of rotatable bonds is 7. The Bertz CT molecular complexity index is 457. The number of carbonyl (C=O) groups excluding carboxylic acids is 1. The molecule has 2 N–H and O–H groups in total. The van der Waals surface area contributed by atoms with Crippen LogP contribution in [0.5, 0.6) is 5.75 Å². The third kappa shape index (κ3) is 5.90. The van der Waals surface area contributed by atoms with E-state index in [-0.39, 0.29) is 18.9 Å². The molecule has 0 aromatic heterocycles. The molecule has 1 amide bonds.